The average Bonchev–Trinajstić information content (AvgIpc) is 2.21. The third-order valence-electron chi connectivity index (χ3n) is 2.27. The van der Waals surface area contributed by atoms with Crippen LogP contribution in [0, 0.1) is 6.92 Å². The lowest BCUT2D eigenvalue weighted by Crippen LogP contribution is -1.98. The van der Waals surface area contributed by atoms with Crippen LogP contribution in [0.5, 0.6) is 0 Å². The van der Waals surface area contributed by atoms with Gasteiger partial charge in [0.25, 0.3) is 0 Å². The zero-order chi connectivity index (χ0) is 11.3. The molecule has 0 aliphatic heterocycles. The van der Waals surface area contributed by atoms with Gasteiger partial charge in [-0.2, -0.15) is 0 Å². The van der Waals surface area contributed by atoms with Crippen LogP contribution in [0.25, 0.3) is 0 Å². The van der Waals surface area contributed by atoms with Gasteiger partial charge in [0.15, 0.2) is 0 Å². The summed E-state index contributed by atoms with van der Waals surface area (Å²) in [5.74, 6) is -0.932. The molecule has 1 N–H and O–H groups in total. The van der Waals surface area contributed by atoms with Gasteiger partial charge in [-0.15, -0.1) is 0 Å². The van der Waals surface area contributed by atoms with E-state index in [-0.39, 0.29) is 5.57 Å². The Balaban J connectivity index is 2.83. The third-order valence-corrected chi connectivity index (χ3v) is 2.27. The second kappa shape index (κ2) is 5.15. The molecule has 0 bridgehead atoms. The largest absolute Gasteiger partial charge is 0.478 e. The first kappa shape index (κ1) is 11.2. The van der Waals surface area contributed by atoms with Crippen LogP contribution in [-0.4, -0.2) is 11.1 Å². The number of carboxylic acid groups (broad SMARTS) is 1. The van der Waals surface area contributed by atoms with Crippen molar-refractivity contribution < 1.29 is 9.90 Å². The van der Waals surface area contributed by atoms with Gasteiger partial charge < -0.3 is 5.11 Å². The first-order chi connectivity index (χ1) is 7.15. The van der Waals surface area contributed by atoms with E-state index >= 15 is 0 Å². The van der Waals surface area contributed by atoms with Crippen LogP contribution >= 0.6 is 0 Å². The molecule has 0 aliphatic carbocycles. The van der Waals surface area contributed by atoms with Crippen molar-refractivity contribution in [3.63, 3.8) is 0 Å². The molecule has 2 nitrogen and oxygen atoms in total. The van der Waals surface area contributed by atoms with Gasteiger partial charge in [0.2, 0.25) is 0 Å². The van der Waals surface area contributed by atoms with E-state index in [1.807, 2.05) is 31.2 Å². The summed E-state index contributed by atoms with van der Waals surface area (Å²) in [7, 11) is 0. The summed E-state index contributed by atoms with van der Waals surface area (Å²) in [6.07, 6.45) is 3.67. The molecule has 78 valence electrons. The topological polar surface area (TPSA) is 37.3 Å². The maximum absolute atomic E-state index is 10.7. The minimum atomic E-state index is -0.932. The molecule has 15 heavy (non-hydrogen) atoms. The summed E-state index contributed by atoms with van der Waals surface area (Å²) < 4.78 is 0. The van der Waals surface area contributed by atoms with Crippen molar-refractivity contribution in [2.24, 2.45) is 0 Å². The van der Waals surface area contributed by atoms with E-state index in [0.29, 0.717) is 6.42 Å². The number of hydrogen-bond acceptors (Lipinski definition) is 1. The maximum Gasteiger partial charge on any atom is 0.335 e. The van der Waals surface area contributed by atoms with Crippen molar-refractivity contribution in [1.29, 1.82) is 0 Å². The highest BCUT2D eigenvalue weighted by Crippen LogP contribution is 2.09. The number of rotatable bonds is 4. The van der Waals surface area contributed by atoms with Gasteiger partial charge in [0, 0.05) is 0 Å². The molecule has 1 aromatic carbocycles. The highest BCUT2D eigenvalue weighted by atomic mass is 16.4. The summed E-state index contributed by atoms with van der Waals surface area (Å²) in [5, 5.41) is 8.78. The van der Waals surface area contributed by atoms with Crippen LogP contribution < -0.4 is 0 Å². The van der Waals surface area contributed by atoms with Gasteiger partial charge in [-0.1, -0.05) is 43.0 Å². The second-order valence-electron chi connectivity index (χ2n) is 3.30. The van der Waals surface area contributed by atoms with Crippen LogP contribution in [-0.2, 0) is 11.2 Å². The standard InChI is InChI=1S/C13H14O2/c1-3-11(13(14)15)8-9-12-7-5-4-6-10(12)2/h3-8H,1,9H2,2H3,(H,14,15)/b11-8+. The van der Waals surface area contributed by atoms with Crippen LogP contribution in [0.4, 0.5) is 0 Å². The molecule has 0 fully saturated rings. The fraction of sp³-hybridized carbons (Fsp3) is 0.154. The van der Waals surface area contributed by atoms with Crippen LogP contribution in [0.3, 0.4) is 0 Å². The summed E-state index contributed by atoms with van der Waals surface area (Å²) >= 11 is 0. The number of carbonyl (C=O) groups is 1. The summed E-state index contributed by atoms with van der Waals surface area (Å²) in [5.41, 5.74) is 2.55. The van der Waals surface area contributed by atoms with Gasteiger partial charge in [0.1, 0.15) is 0 Å². The molecule has 0 atom stereocenters. The van der Waals surface area contributed by atoms with Crippen molar-refractivity contribution in [3.05, 3.63) is 59.7 Å². The predicted molar refractivity (Wildman–Crippen MR) is 60.8 cm³/mol. The lowest BCUT2D eigenvalue weighted by molar-refractivity contribution is -0.132. The Morgan fingerprint density at radius 2 is 2.13 bits per heavy atom. The van der Waals surface area contributed by atoms with Gasteiger partial charge in [-0.25, -0.2) is 4.79 Å². The lowest BCUT2D eigenvalue weighted by Gasteiger charge is -2.01. The number of aliphatic carboxylic acids is 1. The molecule has 0 saturated heterocycles. The average molecular weight is 202 g/mol. The molecule has 0 unspecified atom stereocenters. The molecule has 0 radical (unpaired) electrons. The Hall–Kier alpha value is -1.83. The van der Waals surface area contributed by atoms with E-state index in [0.717, 1.165) is 5.56 Å². The highest BCUT2D eigenvalue weighted by Gasteiger charge is 2.02. The van der Waals surface area contributed by atoms with E-state index < -0.39 is 5.97 Å². The number of hydrogen-bond donors (Lipinski definition) is 1. The highest BCUT2D eigenvalue weighted by molar-refractivity contribution is 5.89. The first-order valence-electron chi connectivity index (χ1n) is 4.75. The molecule has 0 saturated carbocycles. The molecular weight excluding hydrogens is 188 g/mol. The predicted octanol–water partition coefficient (Wildman–Crippen LogP) is 2.73. The molecule has 0 spiro atoms. The van der Waals surface area contributed by atoms with Gasteiger partial charge in [0.05, 0.1) is 5.57 Å². The van der Waals surface area contributed by atoms with E-state index in [9.17, 15) is 4.79 Å². The van der Waals surface area contributed by atoms with E-state index in [1.54, 1.807) is 6.08 Å². The Bertz CT molecular complexity index is 403. The Morgan fingerprint density at radius 1 is 1.47 bits per heavy atom. The van der Waals surface area contributed by atoms with Crippen molar-refractivity contribution >= 4 is 5.97 Å². The fourth-order valence-electron chi connectivity index (χ4n) is 1.32. The number of allylic oxidation sites excluding steroid dienone is 1. The number of aryl methyl sites for hydroxylation is 1. The molecule has 0 heterocycles. The Labute approximate surface area is 89.6 Å². The zero-order valence-electron chi connectivity index (χ0n) is 8.73. The van der Waals surface area contributed by atoms with Crippen LogP contribution in [0.15, 0.2) is 48.6 Å². The van der Waals surface area contributed by atoms with E-state index in [4.69, 9.17) is 5.11 Å². The van der Waals surface area contributed by atoms with Crippen molar-refractivity contribution in [3.8, 4) is 0 Å². The fourth-order valence-corrected chi connectivity index (χ4v) is 1.32. The molecule has 2 heteroatoms. The summed E-state index contributed by atoms with van der Waals surface area (Å²) in [6.45, 7) is 5.48. The number of benzene rings is 1. The smallest absolute Gasteiger partial charge is 0.335 e. The van der Waals surface area contributed by atoms with E-state index in [2.05, 4.69) is 6.58 Å². The monoisotopic (exact) mass is 202 g/mol. The third kappa shape index (κ3) is 3.09. The minimum Gasteiger partial charge on any atom is -0.478 e. The van der Waals surface area contributed by atoms with Crippen molar-refractivity contribution in [2.45, 2.75) is 13.3 Å². The van der Waals surface area contributed by atoms with Crippen LogP contribution in [0.1, 0.15) is 11.1 Å². The van der Waals surface area contributed by atoms with Crippen LogP contribution in [0.2, 0.25) is 0 Å². The van der Waals surface area contributed by atoms with Gasteiger partial charge >= 0.3 is 5.97 Å². The summed E-state index contributed by atoms with van der Waals surface area (Å²) in [6, 6.07) is 7.92. The second-order valence-corrected chi connectivity index (χ2v) is 3.30. The molecule has 0 amide bonds. The molecule has 0 aliphatic rings. The maximum atomic E-state index is 10.7. The Morgan fingerprint density at radius 3 is 2.67 bits per heavy atom. The zero-order valence-corrected chi connectivity index (χ0v) is 8.73. The van der Waals surface area contributed by atoms with Gasteiger partial charge in [-0.05, 0) is 24.5 Å². The Kier molecular flexibility index (Phi) is 3.86. The molecule has 1 aromatic rings. The normalized spacial score (nSPS) is 11.1. The molecular formula is C13H14O2. The first-order valence-corrected chi connectivity index (χ1v) is 4.75. The van der Waals surface area contributed by atoms with E-state index in [1.165, 1.54) is 11.6 Å². The lowest BCUT2D eigenvalue weighted by atomic mass is 10.0. The minimum absolute atomic E-state index is 0.248. The quantitative estimate of drug-likeness (QED) is 0.602. The molecule has 0 aromatic heterocycles. The van der Waals surface area contributed by atoms with Crippen molar-refractivity contribution in [2.75, 3.05) is 0 Å². The molecule has 1 rings (SSSR count). The SMILES string of the molecule is C=C/C(=C\Cc1ccccc1C)C(=O)O. The van der Waals surface area contributed by atoms with Gasteiger partial charge in [-0.3, -0.25) is 0 Å². The summed E-state index contributed by atoms with van der Waals surface area (Å²) in [4.78, 5) is 10.7. The van der Waals surface area contributed by atoms with Crippen molar-refractivity contribution in [1.82, 2.24) is 0 Å². The number of carboxylic acids is 1.